The van der Waals surface area contributed by atoms with E-state index in [2.05, 4.69) is 4.84 Å². The maximum atomic E-state index is 11.6. The smallest absolute Gasteiger partial charge is 0.323 e. The Labute approximate surface area is 101 Å². The van der Waals surface area contributed by atoms with Gasteiger partial charge in [0.1, 0.15) is 6.42 Å². The van der Waals surface area contributed by atoms with Crippen molar-refractivity contribution in [1.29, 1.82) is 0 Å². The van der Waals surface area contributed by atoms with E-state index >= 15 is 0 Å². The van der Waals surface area contributed by atoms with E-state index in [1.165, 1.54) is 12.1 Å². The average Bonchev–Trinajstić information content (AvgIpc) is 2.34. The Hall–Kier alpha value is -2.70. The van der Waals surface area contributed by atoms with E-state index in [0.29, 0.717) is 0 Å². The summed E-state index contributed by atoms with van der Waals surface area (Å²) in [5.74, 6) is -2.46. The van der Waals surface area contributed by atoms with Gasteiger partial charge in [-0.15, -0.1) is 0 Å². The summed E-state index contributed by atoms with van der Waals surface area (Å²) < 4.78 is 0. The zero-order chi connectivity index (χ0) is 13.1. The summed E-state index contributed by atoms with van der Waals surface area (Å²) in [7, 11) is 0. The molecule has 2 rings (SSSR count). The zero-order valence-corrected chi connectivity index (χ0v) is 9.08. The van der Waals surface area contributed by atoms with Gasteiger partial charge < -0.3 is 4.84 Å². The van der Waals surface area contributed by atoms with Crippen LogP contribution in [0.15, 0.2) is 30.3 Å². The molecular formula is C11H8N2O5. The molecular weight excluding hydrogens is 240 g/mol. The van der Waals surface area contributed by atoms with Gasteiger partial charge in [-0.2, -0.15) is 0 Å². The molecule has 7 heteroatoms. The Kier molecular flexibility index (Phi) is 3.05. The van der Waals surface area contributed by atoms with Crippen molar-refractivity contribution < 1.29 is 24.0 Å². The molecule has 1 saturated heterocycles. The molecule has 0 aliphatic carbocycles. The van der Waals surface area contributed by atoms with Gasteiger partial charge in [-0.25, -0.2) is 9.59 Å². The lowest BCUT2D eigenvalue weighted by atomic mass is 10.2. The summed E-state index contributed by atoms with van der Waals surface area (Å²) in [6.07, 6.45) is -0.534. The normalized spacial score (nSPS) is 15.3. The maximum absolute atomic E-state index is 11.6. The number of rotatable bonds is 2. The minimum absolute atomic E-state index is 0.190. The Morgan fingerprint density at radius 2 is 1.83 bits per heavy atom. The molecule has 0 atom stereocenters. The molecule has 0 spiro atoms. The van der Waals surface area contributed by atoms with E-state index in [1.54, 1.807) is 18.2 Å². The number of carbonyl (C=O) groups excluding carboxylic acids is 4. The lowest BCUT2D eigenvalue weighted by Gasteiger charge is -2.22. The molecule has 7 nitrogen and oxygen atoms in total. The van der Waals surface area contributed by atoms with Crippen molar-refractivity contribution in [3.63, 3.8) is 0 Å². The average molecular weight is 248 g/mol. The van der Waals surface area contributed by atoms with Crippen LogP contribution < -0.4 is 5.32 Å². The van der Waals surface area contributed by atoms with Crippen molar-refractivity contribution in [1.82, 2.24) is 10.4 Å². The molecule has 0 saturated carbocycles. The van der Waals surface area contributed by atoms with Crippen LogP contribution in [0.2, 0.25) is 0 Å². The number of imide groups is 2. The molecule has 4 amide bonds. The van der Waals surface area contributed by atoms with Crippen LogP contribution in [0, 0.1) is 0 Å². The monoisotopic (exact) mass is 248 g/mol. The first-order valence-electron chi connectivity index (χ1n) is 5.02. The standard InChI is InChI=1S/C11H8N2O5/c14-8-6-9(15)13(11(17)12-8)18-10(16)7-4-2-1-3-5-7/h1-5H,6H2,(H,12,14,17). The van der Waals surface area contributed by atoms with E-state index in [9.17, 15) is 19.2 Å². The number of urea groups is 1. The molecule has 1 fully saturated rings. The fraction of sp³-hybridized carbons (Fsp3) is 0.0909. The molecule has 18 heavy (non-hydrogen) atoms. The Morgan fingerprint density at radius 1 is 1.17 bits per heavy atom. The van der Waals surface area contributed by atoms with Gasteiger partial charge in [0.15, 0.2) is 0 Å². The summed E-state index contributed by atoms with van der Waals surface area (Å²) >= 11 is 0. The molecule has 0 unspecified atom stereocenters. The zero-order valence-electron chi connectivity index (χ0n) is 9.08. The SMILES string of the molecule is O=C1CC(=O)N(OC(=O)c2ccccc2)C(=O)N1. The van der Waals surface area contributed by atoms with Crippen LogP contribution in [0.5, 0.6) is 0 Å². The first kappa shape index (κ1) is 11.8. The van der Waals surface area contributed by atoms with Crippen molar-refractivity contribution in [3.05, 3.63) is 35.9 Å². The van der Waals surface area contributed by atoms with Gasteiger partial charge in [0.2, 0.25) is 5.91 Å². The van der Waals surface area contributed by atoms with Gasteiger partial charge >= 0.3 is 12.0 Å². The molecule has 1 heterocycles. The summed E-state index contributed by atoms with van der Waals surface area (Å²) in [5, 5.41) is 2.11. The van der Waals surface area contributed by atoms with Crippen LogP contribution in [0.3, 0.4) is 0 Å². The van der Waals surface area contributed by atoms with Gasteiger partial charge in [-0.05, 0) is 12.1 Å². The molecule has 0 aromatic heterocycles. The minimum atomic E-state index is -1.07. The topological polar surface area (TPSA) is 92.8 Å². The fourth-order valence-corrected chi connectivity index (χ4v) is 1.34. The third-order valence-corrected chi connectivity index (χ3v) is 2.15. The molecule has 1 aromatic carbocycles. The van der Waals surface area contributed by atoms with Gasteiger partial charge in [0, 0.05) is 0 Å². The Bertz CT molecular complexity index is 505. The number of nitrogens with one attached hydrogen (secondary N) is 1. The van der Waals surface area contributed by atoms with E-state index < -0.39 is 30.2 Å². The third kappa shape index (κ3) is 2.34. The van der Waals surface area contributed by atoms with Crippen molar-refractivity contribution in [2.24, 2.45) is 0 Å². The van der Waals surface area contributed by atoms with Crippen molar-refractivity contribution in [2.75, 3.05) is 0 Å². The molecule has 92 valence electrons. The van der Waals surface area contributed by atoms with Crippen molar-refractivity contribution >= 4 is 23.8 Å². The van der Waals surface area contributed by atoms with E-state index in [0.717, 1.165) is 0 Å². The number of hydrogen-bond acceptors (Lipinski definition) is 5. The molecule has 0 bridgehead atoms. The minimum Gasteiger partial charge on any atom is -0.323 e. The molecule has 1 aliphatic rings. The van der Waals surface area contributed by atoms with Gasteiger partial charge in [-0.1, -0.05) is 23.3 Å². The Balaban J connectivity index is 2.10. The number of benzene rings is 1. The second kappa shape index (κ2) is 4.66. The van der Waals surface area contributed by atoms with Crippen molar-refractivity contribution in [3.8, 4) is 0 Å². The number of hydroxylamine groups is 2. The number of barbiturate groups is 1. The van der Waals surface area contributed by atoms with Crippen LogP contribution >= 0.6 is 0 Å². The maximum Gasteiger partial charge on any atom is 0.364 e. The molecule has 1 aromatic rings. The number of nitrogens with zero attached hydrogens (tertiary/aromatic N) is 1. The lowest BCUT2D eigenvalue weighted by Crippen LogP contribution is -2.53. The fourth-order valence-electron chi connectivity index (χ4n) is 1.34. The summed E-state index contributed by atoms with van der Waals surface area (Å²) in [6.45, 7) is 0. The second-order valence-electron chi connectivity index (χ2n) is 3.46. The third-order valence-electron chi connectivity index (χ3n) is 2.15. The van der Waals surface area contributed by atoms with E-state index in [4.69, 9.17) is 0 Å². The van der Waals surface area contributed by atoms with Crippen LogP contribution in [-0.4, -0.2) is 28.9 Å². The lowest BCUT2D eigenvalue weighted by molar-refractivity contribution is -0.159. The van der Waals surface area contributed by atoms with Gasteiger partial charge in [0.25, 0.3) is 5.91 Å². The number of amides is 4. The first-order chi connectivity index (χ1) is 8.58. The van der Waals surface area contributed by atoms with E-state index in [-0.39, 0.29) is 10.6 Å². The van der Waals surface area contributed by atoms with Crippen LogP contribution in [0.1, 0.15) is 16.8 Å². The largest absolute Gasteiger partial charge is 0.364 e. The highest BCUT2D eigenvalue weighted by molar-refractivity contribution is 6.14. The van der Waals surface area contributed by atoms with Crippen LogP contribution in [-0.2, 0) is 14.4 Å². The quantitative estimate of drug-likeness (QED) is 0.756. The predicted octanol–water partition coefficient (Wildman–Crippen LogP) is 0.227. The molecule has 1 N–H and O–H groups in total. The highest BCUT2D eigenvalue weighted by atomic mass is 16.7. The Morgan fingerprint density at radius 3 is 2.44 bits per heavy atom. The highest BCUT2D eigenvalue weighted by Crippen LogP contribution is 2.08. The molecule has 1 aliphatic heterocycles. The van der Waals surface area contributed by atoms with Crippen molar-refractivity contribution in [2.45, 2.75) is 6.42 Å². The molecule has 0 radical (unpaired) electrons. The van der Waals surface area contributed by atoms with Gasteiger partial charge in [-0.3, -0.25) is 14.9 Å². The highest BCUT2D eigenvalue weighted by Gasteiger charge is 2.34. The van der Waals surface area contributed by atoms with Crippen LogP contribution in [0.4, 0.5) is 4.79 Å². The number of hydrogen-bond donors (Lipinski definition) is 1. The second-order valence-corrected chi connectivity index (χ2v) is 3.46. The number of carbonyl (C=O) groups is 4. The summed E-state index contributed by atoms with van der Waals surface area (Å²) in [4.78, 5) is 49.7. The van der Waals surface area contributed by atoms with E-state index in [1.807, 2.05) is 5.32 Å². The summed E-state index contributed by atoms with van der Waals surface area (Å²) in [5.41, 5.74) is 0.190. The summed E-state index contributed by atoms with van der Waals surface area (Å²) in [6, 6.07) is 6.80. The van der Waals surface area contributed by atoms with Gasteiger partial charge in [0.05, 0.1) is 5.56 Å². The first-order valence-corrected chi connectivity index (χ1v) is 5.02. The van der Waals surface area contributed by atoms with Crippen LogP contribution in [0.25, 0.3) is 0 Å². The predicted molar refractivity (Wildman–Crippen MR) is 56.9 cm³/mol.